The molecule has 2 atom stereocenters. The van der Waals surface area contributed by atoms with E-state index in [2.05, 4.69) is 5.32 Å². The molecule has 1 aromatic carbocycles. The number of carbonyl (C=O) groups excluding carboxylic acids is 1. The van der Waals surface area contributed by atoms with Crippen LogP contribution >= 0.6 is 0 Å². The monoisotopic (exact) mass is 267 g/mol. The topological polar surface area (TPSA) is 47.6 Å². The molecule has 2 unspecified atom stereocenters. The van der Waals surface area contributed by atoms with Crippen LogP contribution in [0.25, 0.3) is 0 Å². The van der Waals surface area contributed by atoms with Gasteiger partial charge in [0.25, 0.3) is 0 Å². The van der Waals surface area contributed by atoms with Gasteiger partial charge in [-0.1, -0.05) is 6.92 Å². The van der Waals surface area contributed by atoms with E-state index < -0.39 is 5.82 Å². The molecule has 1 aromatic rings. The van der Waals surface area contributed by atoms with E-state index in [4.69, 9.17) is 9.47 Å². The largest absolute Gasteiger partial charge is 0.494 e. The van der Waals surface area contributed by atoms with Crippen molar-refractivity contribution in [3.8, 4) is 5.75 Å². The third-order valence-corrected chi connectivity index (χ3v) is 3.32. The molecule has 0 radical (unpaired) electrons. The van der Waals surface area contributed by atoms with Crippen molar-refractivity contribution < 1.29 is 18.7 Å². The highest BCUT2D eigenvalue weighted by Gasteiger charge is 2.34. The Balaban J connectivity index is 2.17. The predicted molar refractivity (Wildman–Crippen MR) is 69.1 cm³/mol. The lowest BCUT2D eigenvalue weighted by molar-refractivity contribution is 0.0891. The van der Waals surface area contributed by atoms with Gasteiger partial charge < -0.3 is 14.8 Å². The summed E-state index contributed by atoms with van der Waals surface area (Å²) in [5.41, 5.74) is 0.358. The highest BCUT2D eigenvalue weighted by molar-refractivity contribution is 5.98. The van der Waals surface area contributed by atoms with Crippen molar-refractivity contribution in [1.29, 1.82) is 0 Å². The average molecular weight is 267 g/mol. The fraction of sp³-hybridized carbons (Fsp3) is 0.500. The molecule has 1 saturated heterocycles. The number of benzene rings is 1. The molecule has 0 saturated carbocycles. The number of likely N-dealkylation sites (N-methyl/N-ethyl adjacent to an activating group) is 1. The Morgan fingerprint density at radius 3 is 2.95 bits per heavy atom. The van der Waals surface area contributed by atoms with E-state index in [-0.39, 0.29) is 23.5 Å². The maximum absolute atomic E-state index is 13.6. The van der Waals surface area contributed by atoms with Crippen LogP contribution in [-0.2, 0) is 4.74 Å². The van der Waals surface area contributed by atoms with Gasteiger partial charge in [-0.3, -0.25) is 4.79 Å². The zero-order valence-electron chi connectivity index (χ0n) is 11.1. The molecule has 1 aliphatic heterocycles. The van der Waals surface area contributed by atoms with Crippen LogP contribution in [0.1, 0.15) is 17.3 Å². The van der Waals surface area contributed by atoms with Crippen LogP contribution in [-0.4, -0.2) is 38.7 Å². The molecule has 19 heavy (non-hydrogen) atoms. The lowest BCUT2D eigenvalue weighted by Gasteiger charge is -2.17. The van der Waals surface area contributed by atoms with E-state index in [1.165, 1.54) is 19.2 Å². The Hall–Kier alpha value is -1.46. The molecule has 2 rings (SSSR count). The van der Waals surface area contributed by atoms with E-state index in [9.17, 15) is 9.18 Å². The van der Waals surface area contributed by atoms with Gasteiger partial charge >= 0.3 is 0 Å². The highest BCUT2D eigenvalue weighted by Crippen LogP contribution is 2.23. The number of Topliss-reactive ketones (excluding diaryl/α,β-unsaturated/α-hetero) is 1. The minimum atomic E-state index is -0.521. The molecule has 1 aliphatic rings. The maximum Gasteiger partial charge on any atom is 0.170 e. The molecule has 0 spiro atoms. The van der Waals surface area contributed by atoms with Gasteiger partial charge in [0.15, 0.2) is 17.3 Å². The second kappa shape index (κ2) is 6.12. The summed E-state index contributed by atoms with van der Waals surface area (Å²) in [4.78, 5) is 12.4. The van der Waals surface area contributed by atoms with E-state index in [0.29, 0.717) is 18.8 Å². The standard InChI is InChI=1S/C14H18FNO3/c1-3-16-12-8-19-7-10(12)14(17)9-4-5-13(18-2)11(15)6-9/h4-6,10,12,16H,3,7-8H2,1-2H3. The number of ketones is 1. The predicted octanol–water partition coefficient (Wildman–Crippen LogP) is 1.64. The highest BCUT2D eigenvalue weighted by atomic mass is 19.1. The average Bonchev–Trinajstić information content (AvgIpc) is 2.86. The Morgan fingerprint density at radius 1 is 1.53 bits per heavy atom. The number of methoxy groups -OCH3 is 1. The Labute approximate surface area is 111 Å². The van der Waals surface area contributed by atoms with Gasteiger partial charge in [-0.15, -0.1) is 0 Å². The Morgan fingerprint density at radius 2 is 2.32 bits per heavy atom. The van der Waals surface area contributed by atoms with Crippen molar-refractivity contribution in [2.45, 2.75) is 13.0 Å². The number of hydrogen-bond acceptors (Lipinski definition) is 4. The first-order chi connectivity index (χ1) is 9.17. The summed E-state index contributed by atoms with van der Waals surface area (Å²) in [5, 5.41) is 3.22. The first-order valence-electron chi connectivity index (χ1n) is 6.36. The van der Waals surface area contributed by atoms with Crippen LogP contribution in [0.4, 0.5) is 4.39 Å². The number of ether oxygens (including phenoxy) is 2. The number of nitrogens with one attached hydrogen (secondary N) is 1. The Kier molecular flexibility index (Phi) is 4.50. The molecule has 1 heterocycles. The maximum atomic E-state index is 13.6. The van der Waals surface area contributed by atoms with Gasteiger partial charge in [0.05, 0.1) is 26.2 Å². The molecule has 5 heteroatoms. The SMILES string of the molecule is CCNC1COCC1C(=O)c1ccc(OC)c(F)c1. The van der Waals surface area contributed by atoms with Crippen LogP contribution in [0.5, 0.6) is 5.75 Å². The number of carbonyl (C=O) groups is 1. The zero-order chi connectivity index (χ0) is 13.8. The first kappa shape index (κ1) is 14.0. The van der Waals surface area contributed by atoms with E-state index in [1.54, 1.807) is 6.07 Å². The van der Waals surface area contributed by atoms with Gasteiger partial charge in [-0.25, -0.2) is 4.39 Å². The summed E-state index contributed by atoms with van der Waals surface area (Å²) in [6.07, 6.45) is 0. The summed E-state index contributed by atoms with van der Waals surface area (Å²) < 4.78 is 23.8. The molecule has 0 amide bonds. The molecule has 0 aliphatic carbocycles. The zero-order valence-corrected chi connectivity index (χ0v) is 11.1. The van der Waals surface area contributed by atoms with Crippen molar-refractivity contribution in [1.82, 2.24) is 5.32 Å². The van der Waals surface area contributed by atoms with Crippen molar-refractivity contribution in [2.24, 2.45) is 5.92 Å². The van der Waals surface area contributed by atoms with Crippen molar-refractivity contribution in [3.63, 3.8) is 0 Å². The molecular weight excluding hydrogens is 249 g/mol. The summed E-state index contributed by atoms with van der Waals surface area (Å²) in [7, 11) is 1.39. The minimum absolute atomic E-state index is 0.00247. The van der Waals surface area contributed by atoms with Gasteiger partial charge in [-0.05, 0) is 24.7 Å². The van der Waals surface area contributed by atoms with E-state index >= 15 is 0 Å². The van der Waals surface area contributed by atoms with Crippen molar-refractivity contribution in [2.75, 3.05) is 26.9 Å². The Bertz CT molecular complexity index is 464. The normalized spacial score (nSPS) is 22.5. The number of hydrogen-bond donors (Lipinski definition) is 1. The molecule has 4 nitrogen and oxygen atoms in total. The first-order valence-corrected chi connectivity index (χ1v) is 6.36. The van der Waals surface area contributed by atoms with Gasteiger partial charge in [0.1, 0.15) is 0 Å². The third kappa shape index (κ3) is 2.93. The fourth-order valence-electron chi connectivity index (χ4n) is 2.31. The fourth-order valence-corrected chi connectivity index (χ4v) is 2.31. The van der Waals surface area contributed by atoms with Crippen LogP contribution in [0.3, 0.4) is 0 Å². The van der Waals surface area contributed by atoms with Gasteiger partial charge in [0, 0.05) is 11.6 Å². The van der Waals surface area contributed by atoms with Crippen LogP contribution in [0.2, 0.25) is 0 Å². The summed E-state index contributed by atoms with van der Waals surface area (Å²) in [5.74, 6) is -0.729. The molecule has 0 bridgehead atoms. The van der Waals surface area contributed by atoms with E-state index in [1.807, 2.05) is 6.92 Å². The smallest absolute Gasteiger partial charge is 0.170 e. The number of halogens is 1. The second-order valence-corrected chi connectivity index (χ2v) is 4.52. The minimum Gasteiger partial charge on any atom is -0.494 e. The quantitative estimate of drug-likeness (QED) is 0.824. The van der Waals surface area contributed by atoms with Crippen LogP contribution in [0, 0.1) is 11.7 Å². The lowest BCUT2D eigenvalue weighted by atomic mass is 9.93. The number of rotatable bonds is 5. The third-order valence-electron chi connectivity index (χ3n) is 3.32. The second-order valence-electron chi connectivity index (χ2n) is 4.52. The lowest BCUT2D eigenvalue weighted by Crippen LogP contribution is -2.39. The van der Waals surface area contributed by atoms with Crippen molar-refractivity contribution >= 4 is 5.78 Å². The van der Waals surface area contributed by atoms with Crippen LogP contribution < -0.4 is 10.1 Å². The summed E-state index contributed by atoms with van der Waals surface area (Å²) in [6.45, 7) is 3.65. The summed E-state index contributed by atoms with van der Waals surface area (Å²) in [6, 6.07) is 4.29. The molecule has 0 aromatic heterocycles. The molecule has 1 fully saturated rings. The summed E-state index contributed by atoms with van der Waals surface area (Å²) >= 11 is 0. The van der Waals surface area contributed by atoms with Crippen LogP contribution in [0.15, 0.2) is 18.2 Å². The van der Waals surface area contributed by atoms with Gasteiger partial charge in [0.2, 0.25) is 0 Å². The van der Waals surface area contributed by atoms with Crippen molar-refractivity contribution in [3.05, 3.63) is 29.6 Å². The van der Waals surface area contributed by atoms with E-state index in [0.717, 1.165) is 6.54 Å². The van der Waals surface area contributed by atoms with Gasteiger partial charge in [-0.2, -0.15) is 0 Å². The molecule has 104 valence electrons. The molecular formula is C14H18FNO3. The molecule has 1 N–H and O–H groups in total.